The Morgan fingerprint density at radius 3 is 2.46 bits per heavy atom. The van der Waals surface area contributed by atoms with Gasteiger partial charge >= 0.3 is 0 Å². The van der Waals surface area contributed by atoms with Crippen molar-refractivity contribution in [1.29, 1.82) is 0 Å². The zero-order valence-electron chi connectivity index (χ0n) is 20.6. The van der Waals surface area contributed by atoms with Crippen molar-refractivity contribution in [3.05, 3.63) is 47.2 Å². The summed E-state index contributed by atoms with van der Waals surface area (Å²) in [5, 5.41) is 17.3. The lowest BCUT2D eigenvalue weighted by atomic mass is 9.77. The summed E-state index contributed by atoms with van der Waals surface area (Å²) in [6.45, 7) is 7.66. The van der Waals surface area contributed by atoms with Crippen molar-refractivity contribution in [2.45, 2.75) is 65.3 Å². The standard InChI is InChI=1S/C26H32N6O3/c1-5-20-19(13-35-32-20)24(33)29-26(4,23(16-6-7-16)17-8-9-17)25(34)28-18-10-11-21(27-12-18)22-14(2)30-31-15(22)3/h10-13,16-17,23H,5-9H2,1-4H3,(H,28,34)(H,29,33)(H,30,31). The first kappa shape index (κ1) is 23.3. The van der Waals surface area contributed by atoms with E-state index in [1.807, 2.05) is 39.8 Å². The molecule has 3 aromatic heterocycles. The molecule has 2 fully saturated rings. The topological polar surface area (TPSA) is 126 Å². The first-order valence-corrected chi connectivity index (χ1v) is 12.4. The molecule has 9 heteroatoms. The van der Waals surface area contributed by atoms with Gasteiger partial charge in [0.15, 0.2) is 0 Å². The van der Waals surface area contributed by atoms with E-state index >= 15 is 0 Å². The van der Waals surface area contributed by atoms with E-state index in [2.05, 4.69) is 31.0 Å². The molecule has 35 heavy (non-hydrogen) atoms. The highest BCUT2D eigenvalue weighted by Gasteiger charge is 2.55. The minimum Gasteiger partial charge on any atom is -0.364 e. The van der Waals surface area contributed by atoms with E-state index in [9.17, 15) is 9.59 Å². The number of anilines is 1. The van der Waals surface area contributed by atoms with Gasteiger partial charge in [-0.25, -0.2) is 0 Å². The molecule has 2 aliphatic carbocycles. The molecule has 3 heterocycles. The van der Waals surface area contributed by atoms with Gasteiger partial charge in [-0.3, -0.25) is 19.7 Å². The van der Waals surface area contributed by atoms with E-state index in [-0.39, 0.29) is 17.7 Å². The lowest BCUT2D eigenvalue weighted by Gasteiger charge is -2.37. The van der Waals surface area contributed by atoms with E-state index < -0.39 is 5.54 Å². The van der Waals surface area contributed by atoms with Gasteiger partial charge in [0.2, 0.25) is 5.91 Å². The summed E-state index contributed by atoms with van der Waals surface area (Å²) in [6.07, 6.45) is 7.95. The molecule has 3 aromatic rings. The quantitative estimate of drug-likeness (QED) is 0.425. The van der Waals surface area contributed by atoms with E-state index in [0.29, 0.717) is 35.2 Å². The Kier molecular flexibility index (Phi) is 5.94. The third-order valence-corrected chi connectivity index (χ3v) is 7.40. The predicted molar refractivity (Wildman–Crippen MR) is 131 cm³/mol. The number of hydrogen-bond donors (Lipinski definition) is 3. The number of pyridine rings is 1. The van der Waals surface area contributed by atoms with Crippen LogP contribution in [0.5, 0.6) is 0 Å². The van der Waals surface area contributed by atoms with Gasteiger partial charge in [0, 0.05) is 11.3 Å². The summed E-state index contributed by atoms with van der Waals surface area (Å²) in [6, 6.07) is 3.72. The number of aromatic nitrogens is 4. The Bertz CT molecular complexity index is 1210. The molecule has 5 rings (SSSR count). The number of rotatable bonds is 9. The van der Waals surface area contributed by atoms with Crippen LogP contribution in [0.15, 0.2) is 29.1 Å². The average Bonchev–Trinajstić information content (AvgIpc) is 3.77. The fourth-order valence-electron chi connectivity index (χ4n) is 5.34. The Morgan fingerprint density at radius 1 is 1.20 bits per heavy atom. The van der Waals surface area contributed by atoms with Crippen molar-refractivity contribution in [3.8, 4) is 11.3 Å². The number of nitrogens with zero attached hydrogens (tertiary/aromatic N) is 3. The van der Waals surface area contributed by atoms with Gasteiger partial charge in [0.25, 0.3) is 5.91 Å². The van der Waals surface area contributed by atoms with Gasteiger partial charge in [-0.1, -0.05) is 12.1 Å². The van der Waals surface area contributed by atoms with Crippen LogP contribution in [0.2, 0.25) is 0 Å². The van der Waals surface area contributed by atoms with Crippen LogP contribution < -0.4 is 10.6 Å². The molecule has 2 amide bonds. The second-order valence-electron chi connectivity index (χ2n) is 10.1. The number of nitrogens with one attached hydrogen (secondary N) is 3. The summed E-state index contributed by atoms with van der Waals surface area (Å²) < 4.78 is 5.04. The van der Waals surface area contributed by atoms with Gasteiger partial charge in [-0.2, -0.15) is 5.10 Å². The molecule has 0 saturated heterocycles. The fourth-order valence-corrected chi connectivity index (χ4v) is 5.34. The molecular formula is C26H32N6O3. The number of aryl methyl sites for hydroxylation is 3. The van der Waals surface area contributed by atoms with Crippen molar-refractivity contribution >= 4 is 17.5 Å². The molecule has 184 valence electrons. The molecule has 0 aromatic carbocycles. The minimum atomic E-state index is -1.07. The normalized spacial score (nSPS) is 17.3. The number of H-pyrrole nitrogens is 1. The maximum absolute atomic E-state index is 13.8. The Labute approximate surface area is 204 Å². The highest BCUT2D eigenvalue weighted by Crippen LogP contribution is 2.53. The monoisotopic (exact) mass is 476 g/mol. The van der Waals surface area contributed by atoms with Crippen LogP contribution in [0.4, 0.5) is 5.69 Å². The number of aromatic amines is 1. The number of hydrogen-bond acceptors (Lipinski definition) is 6. The first-order valence-electron chi connectivity index (χ1n) is 12.4. The van der Waals surface area contributed by atoms with Crippen LogP contribution in [0, 0.1) is 31.6 Å². The van der Waals surface area contributed by atoms with E-state index in [1.54, 1.807) is 6.20 Å². The Hall–Kier alpha value is -3.49. The van der Waals surface area contributed by atoms with Crippen molar-refractivity contribution in [2.24, 2.45) is 17.8 Å². The smallest absolute Gasteiger partial charge is 0.257 e. The lowest BCUT2D eigenvalue weighted by Crippen LogP contribution is -2.60. The highest BCUT2D eigenvalue weighted by atomic mass is 16.5. The minimum absolute atomic E-state index is 0.0832. The molecule has 2 aliphatic rings. The molecule has 0 bridgehead atoms. The second-order valence-corrected chi connectivity index (χ2v) is 10.1. The fraction of sp³-hybridized carbons (Fsp3) is 0.500. The summed E-state index contributed by atoms with van der Waals surface area (Å²) in [5.74, 6) is 0.416. The average molecular weight is 477 g/mol. The molecular weight excluding hydrogens is 444 g/mol. The van der Waals surface area contributed by atoms with Gasteiger partial charge in [-0.15, -0.1) is 0 Å². The predicted octanol–water partition coefficient (Wildman–Crippen LogP) is 4.20. The zero-order chi connectivity index (χ0) is 24.7. The largest absolute Gasteiger partial charge is 0.364 e. The van der Waals surface area contributed by atoms with E-state index in [1.165, 1.54) is 6.26 Å². The molecule has 0 radical (unpaired) electrons. The third-order valence-electron chi connectivity index (χ3n) is 7.40. The second kappa shape index (κ2) is 8.94. The van der Waals surface area contributed by atoms with Crippen LogP contribution >= 0.6 is 0 Å². The van der Waals surface area contributed by atoms with Crippen LogP contribution in [-0.2, 0) is 11.2 Å². The van der Waals surface area contributed by atoms with Crippen LogP contribution in [0.3, 0.4) is 0 Å². The van der Waals surface area contributed by atoms with Crippen molar-refractivity contribution < 1.29 is 14.1 Å². The van der Waals surface area contributed by atoms with Crippen LogP contribution in [-0.4, -0.2) is 37.7 Å². The highest BCUT2D eigenvalue weighted by molar-refractivity contribution is 6.04. The first-order chi connectivity index (χ1) is 16.8. The molecule has 1 atom stereocenters. The third kappa shape index (κ3) is 4.47. The number of carbonyl (C=O) groups excluding carboxylic acids is 2. The van der Waals surface area contributed by atoms with E-state index in [0.717, 1.165) is 48.3 Å². The summed E-state index contributed by atoms with van der Waals surface area (Å²) in [7, 11) is 0. The van der Waals surface area contributed by atoms with Crippen molar-refractivity contribution in [1.82, 2.24) is 25.7 Å². The van der Waals surface area contributed by atoms with Gasteiger partial charge in [-0.05, 0) is 82.8 Å². The van der Waals surface area contributed by atoms with Crippen LogP contribution in [0.1, 0.15) is 67.0 Å². The Morgan fingerprint density at radius 2 is 1.91 bits per heavy atom. The molecule has 3 N–H and O–H groups in total. The summed E-state index contributed by atoms with van der Waals surface area (Å²) >= 11 is 0. The lowest BCUT2D eigenvalue weighted by molar-refractivity contribution is -0.124. The van der Waals surface area contributed by atoms with Crippen molar-refractivity contribution in [2.75, 3.05) is 5.32 Å². The number of carbonyl (C=O) groups is 2. The molecule has 2 saturated carbocycles. The van der Waals surface area contributed by atoms with Gasteiger partial charge in [0.1, 0.15) is 17.4 Å². The maximum Gasteiger partial charge on any atom is 0.257 e. The van der Waals surface area contributed by atoms with E-state index in [4.69, 9.17) is 4.52 Å². The SMILES string of the molecule is CCc1nocc1C(=O)NC(C)(C(=O)Nc1ccc(-c2c(C)n[nH]c2C)nc1)C(C1CC1)C1CC1. The maximum atomic E-state index is 13.8. The number of amides is 2. The summed E-state index contributed by atoms with van der Waals surface area (Å²) in [5.41, 5.74) is 4.05. The molecule has 0 aliphatic heterocycles. The Balaban J connectivity index is 1.40. The molecule has 0 spiro atoms. The van der Waals surface area contributed by atoms with Crippen LogP contribution in [0.25, 0.3) is 11.3 Å². The van der Waals surface area contributed by atoms with Gasteiger partial charge in [0.05, 0.1) is 29.0 Å². The molecule has 1 unspecified atom stereocenters. The molecule has 9 nitrogen and oxygen atoms in total. The van der Waals surface area contributed by atoms with Crippen molar-refractivity contribution in [3.63, 3.8) is 0 Å². The van der Waals surface area contributed by atoms with Gasteiger partial charge < -0.3 is 15.2 Å². The zero-order valence-corrected chi connectivity index (χ0v) is 20.6. The summed E-state index contributed by atoms with van der Waals surface area (Å²) in [4.78, 5) is 31.6.